The fourth-order valence-electron chi connectivity index (χ4n) is 3.10. The van der Waals surface area contributed by atoms with Gasteiger partial charge in [-0.15, -0.1) is 0 Å². The van der Waals surface area contributed by atoms with Crippen molar-refractivity contribution in [2.24, 2.45) is 0 Å². The third-order valence-corrected chi connectivity index (χ3v) is 112. The van der Waals surface area contributed by atoms with Gasteiger partial charge in [-0.3, -0.25) is 0 Å². The van der Waals surface area contributed by atoms with E-state index >= 15 is 0 Å². The van der Waals surface area contributed by atoms with Gasteiger partial charge in [0.05, 0.1) is 0 Å². The van der Waals surface area contributed by atoms with Crippen molar-refractivity contribution in [1.82, 2.24) is -0.435 Å². The molecule has 0 rings (SSSR count). The summed E-state index contributed by atoms with van der Waals surface area (Å²) in [5.74, 6) is 0. The first-order chi connectivity index (χ1) is 9.12. The summed E-state index contributed by atoms with van der Waals surface area (Å²) in [6, 6.07) is 0. The molecule has 0 aliphatic rings. The van der Waals surface area contributed by atoms with Gasteiger partial charge in [-0.1, -0.05) is 0 Å². The Labute approximate surface area is 156 Å². The Kier molecular flexibility index (Phi) is 7.56. The molecule has 0 N–H and O–H groups in total. The van der Waals surface area contributed by atoms with Gasteiger partial charge >= 0.3 is 158 Å². The van der Waals surface area contributed by atoms with Crippen molar-refractivity contribution in [3.8, 4) is 0 Å². The predicted molar refractivity (Wildman–Crippen MR) is 113 cm³/mol. The van der Waals surface area contributed by atoms with E-state index in [4.69, 9.17) is 0 Å². The maximum atomic E-state index is 3.44. The van der Waals surface area contributed by atoms with Crippen LogP contribution in [0.5, 0.6) is 0 Å². The Bertz CT molecular complexity index is 328. The summed E-state index contributed by atoms with van der Waals surface area (Å²) in [5, 5.41) is 0. The molecule has 0 saturated heterocycles. The molecular weight excluding hydrogens is 586 g/mol. The van der Waals surface area contributed by atoms with Crippen molar-refractivity contribution in [3.63, 3.8) is 0 Å². The molecule has 0 saturated carbocycles. The third-order valence-electron chi connectivity index (χ3n) is 7.18. The molecule has 0 heterocycles. The Morgan fingerprint density at radius 2 is 0.545 bits per heavy atom. The summed E-state index contributed by atoms with van der Waals surface area (Å²) >= 11 is -7.22. The molecule has 0 radical (unpaired) electrons. The summed E-state index contributed by atoms with van der Waals surface area (Å²) in [4.78, 5) is 16.4. The van der Waals surface area contributed by atoms with E-state index in [1.165, 1.54) is 0 Å². The van der Waals surface area contributed by atoms with E-state index in [1.807, 2.05) is 0 Å². The molecule has 22 heavy (non-hydrogen) atoms. The molecule has 0 spiro atoms. The van der Waals surface area contributed by atoms with E-state index in [0.29, 0.717) is 10.3 Å². The summed E-state index contributed by atoms with van der Waals surface area (Å²) in [5.41, 5.74) is 0. The van der Waals surface area contributed by atoms with E-state index in [0.717, 1.165) is 0 Å². The van der Waals surface area contributed by atoms with Crippen LogP contribution in [-0.2, 0) is 0 Å². The molecule has 0 aromatic carbocycles. The third kappa shape index (κ3) is 4.55. The maximum absolute atomic E-state index is 3.44. The van der Waals surface area contributed by atoms with Crippen LogP contribution in [0.2, 0.25) is 39.9 Å². The van der Waals surface area contributed by atoms with Gasteiger partial charge in [0.15, 0.2) is 0 Å². The van der Waals surface area contributed by atoms with Crippen molar-refractivity contribution < 1.29 is 0 Å². The van der Waals surface area contributed by atoms with E-state index < -0.39 is 56.0 Å². The molecule has 0 aliphatic carbocycles. The second kappa shape index (κ2) is 6.83. The van der Waals surface area contributed by atoms with Crippen LogP contribution in [0, 0.1) is 0 Å². The number of hydrogen-bond acceptors (Lipinski definition) is 1. The minimum absolute atomic E-state index is 0.507. The summed E-state index contributed by atoms with van der Waals surface area (Å²) in [6.07, 6.45) is 0. The minimum atomic E-state index is -2.41. The van der Waals surface area contributed by atoms with Crippen molar-refractivity contribution in [2.75, 3.05) is 0 Å². The molecule has 4 heteroatoms. The first-order valence-electron chi connectivity index (χ1n) is 8.92. The number of hydrogen-bond donors (Lipinski definition) is 0. The van der Waals surface area contributed by atoms with Crippen LogP contribution >= 0.6 is 0 Å². The molecule has 0 fully saturated rings. The van der Waals surface area contributed by atoms with Crippen LogP contribution in [0.4, 0.5) is 0 Å². The molecule has 0 unspecified atom stereocenters. The second-order valence-electron chi connectivity index (χ2n) is 11.8. The van der Waals surface area contributed by atoms with Gasteiger partial charge < -0.3 is 0 Å². The summed E-state index contributed by atoms with van der Waals surface area (Å²) in [6.45, 7) is 22.8. The topological polar surface area (TPSA) is 3.24 Å². The molecule has 0 aromatic heterocycles. The van der Waals surface area contributed by atoms with Crippen molar-refractivity contribution in [2.45, 2.75) is 102 Å². The first-order valence-corrected chi connectivity index (χ1v) is 34.2. The van der Waals surface area contributed by atoms with Gasteiger partial charge in [0.2, 0.25) is 0 Å². The van der Waals surface area contributed by atoms with Crippen LogP contribution in [0.15, 0.2) is 0 Å². The number of nitrogens with zero attached hydrogens (tertiary/aromatic N) is 1. The fourth-order valence-corrected chi connectivity index (χ4v) is 140. The van der Waals surface area contributed by atoms with Crippen molar-refractivity contribution in [1.29, 1.82) is 0 Å². The van der Waals surface area contributed by atoms with Crippen LogP contribution < -0.4 is 0 Å². The SMILES string of the molecule is C[C](C)(C)[Sn]([CH3])([CH3])[N]([Sn]([CH3])([CH3])[C](C)(C)C)[Sn]([CH3])([CH3])[C](C)(C)C. The van der Waals surface area contributed by atoms with E-state index in [1.54, 1.807) is 0 Å². The van der Waals surface area contributed by atoms with Crippen LogP contribution in [0.25, 0.3) is 0 Å². The van der Waals surface area contributed by atoms with Gasteiger partial charge in [-0.2, -0.15) is 0 Å². The van der Waals surface area contributed by atoms with Gasteiger partial charge in [-0.05, 0) is 0 Å². The standard InChI is InChI=1S/3C4H9.6CH3.N.3Sn/c3*1-4(2)3;;;;;;;;;;/h3*1-3H3;6*1H3;;;;. The van der Waals surface area contributed by atoms with Crippen molar-refractivity contribution >= 4 is 56.0 Å². The van der Waals surface area contributed by atoms with E-state index in [2.05, 4.69) is 91.5 Å². The Hall–Kier alpha value is 2.36. The van der Waals surface area contributed by atoms with Crippen LogP contribution in [-0.4, -0.2) is 55.5 Å². The molecule has 0 aromatic rings. The Morgan fingerprint density at radius 3 is 0.636 bits per heavy atom. The Morgan fingerprint density at radius 1 is 0.409 bits per heavy atom. The fraction of sp³-hybridized carbons (Fsp3) is 1.00. The van der Waals surface area contributed by atoms with E-state index in [-0.39, 0.29) is 0 Å². The normalized spacial score (nSPS) is 16.4. The van der Waals surface area contributed by atoms with Crippen molar-refractivity contribution in [3.05, 3.63) is 0 Å². The summed E-state index contributed by atoms with van der Waals surface area (Å²) in [7, 11) is 0. The van der Waals surface area contributed by atoms with Gasteiger partial charge in [0, 0.05) is 0 Å². The predicted octanol–water partition coefficient (Wildman–Crippen LogP) is 7.30. The molecule has 0 amide bonds. The van der Waals surface area contributed by atoms with E-state index in [9.17, 15) is 0 Å². The first kappa shape index (κ1) is 24.4. The molecule has 0 aliphatic heterocycles. The van der Waals surface area contributed by atoms with Crippen LogP contribution in [0.3, 0.4) is 0 Å². The molecule has 1 nitrogen and oxygen atoms in total. The second-order valence-corrected chi connectivity index (χ2v) is 66.1. The van der Waals surface area contributed by atoms with Gasteiger partial charge in [0.1, 0.15) is 0 Å². The summed E-state index contributed by atoms with van der Waals surface area (Å²) < 4.78 is 4.96. The Balaban J connectivity index is 6.53. The quantitative estimate of drug-likeness (QED) is 0.296. The van der Waals surface area contributed by atoms with Gasteiger partial charge in [-0.25, -0.2) is 0 Å². The molecule has 134 valence electrons. The molecule has 0 bridgehead atoms. The van der Waals surface area contributed by atoms with Crippen LogP contribution in [0.1, 0.15) is 62.3 Å². The monoisotopic (exact) mass is 635 g/mol. The molecule has 0 atom stereocenters. The molecular formula is C18H45NSn3. The zero-order valence-electron chi connectivity index (χ0n) is 18.4. The average molecular weight is 632 g/mol. The van der Waals surface area contributed by atoms with Gasteiger partial charge in [0.25, 0.3) is 0 Å². The number of rotatable bonds is 3. The average Bonchev–Trinajstić information content (AvgIpc) is 2.09. The zero-order valence-corrected chi connectivity index (χ0v) is 27.0. The zero-order chi connectivity index (χ0) is 18.6.